The molecule has 0 spiro atoms. The first-order valence-electron chi connectivity index (χ1n) is 8.52. The lowest BCUT2D eigenvalue weighted by Gasteiger charge is -2.05. The Kier molecular flexibility index (Phi) is 2.42. The maximum Gasteiger partial charge on any atom is 0.164 e. The van der Waals surface area contributed by atoms with Crippen LogP contribution in [0.3, 0.4) is 0 Å². The van der Waals surface area contributed by atoms with Gasteiger partial charge in [-0.3, -0.25) is 4.79 Å². The van der Waals surface area contributed by atoms with Crippen molar-refractivity contribution in [1.29, 1.82) is 0 Å². The number of ketones is 1. The SMILES string of the molecule is O=C1CCc2c1c1c3cc(F)ccc3[nH]c1c1[nH]c3ccc(F)cc3c21. The van der Waals surface area contributed by atoms with E-state index >= 15 is 0 Å². The van der Waals surface area contributed by atoms with Gasteiger partial charge in [-0.15, -0.1) is 0 Å². The number of aromatic amines is 2. The molecule has 0 unspecified atom stereocenters. The monoisotopic (exact) mass is 346 g/mol. The first-order chi connectivity index (χ1) is 12.6. The summed E-state index contributed by atoms with van der Waals surface area (Å²) < 4.78 is 27.7. The Hall–Kier alpha value is -3.21. The largest absolute Gasteiger partial charge is 0.353 e. The van der Waals surface area contributed by atoms with Gasteiger partial charge in [0.2, 0.25) is 0 Å². The molecule has 2 aromatic heterocycles. The number of hydrogen-bond donors (Lipinski definition) is 2. The lowest BCUT2D eigenvalue weighted by atomic mass is 9.97. The van der Waals surface area contributed by atoms with Crippen molar-refractivity contribution in [3.05, 3.63) is 59.2 Å². The maximum atomic E-state index is 13.9. The second-order valence-corrected chi connectivity index (χ2v) is 6.91. The number of fused-ring (bicyclic) bond motifs is 10. The molecule has 0 atom stereocenters. The first-order valence-corrected chi connectivity index (χ1v) is 8.52. The molecule has 5 aromatic rings. The van der Waals surface area contributed by atoms with E-state index in [1.807, 2.05) is 0 Å². The Morgan fingerprint density at radius 1 is 0.769 bits per heavy atom. The van der Waals surface area contributed by atoms with E-state index in [1.54, 1.807) is 12.1 Å². The number of carbonyl (C=O) groups is 1. The maximum absolute atomic E-state index is 13.9. The molecule has 0 saturated carbocycles. The third kappa shape index (κ3) is 1.58. The fraction of sp³-hybridized carbons (Fsp3) is 0.0952. The molecule has 0 fully saturated rings. The number of aromatic nitrogens is 2. The fourth-order valence-electron chi connectivity index (χ4n) is 4.47. The van der Waals surface area contributed by atoms with Crippen LogP contribution in [0.15, 0.2) is 36.4 Å². The highest BCUT2D eigenvalue weighted by molar-refractivity contribution is 6.30. The van der Waals surface area contributed by atoms with Gasteiger partial charge in [0, 0.05) is 44.6 Å². The summed E-state index contributed by atoms with van der Waals surface area (Å²) >= 11 is 0. The first kappa shape index (κ1) is 14.0. The molecule has 5 heteroatoms. The third-order valence-corrected chi connectivity index (χ3v) is 5.51. The van der Waals surface area contributed by atoms with Crippen molar-refractivity contribution in [2.24, 2.45) is 0 Å². The zero-order valence-corrected chi connectivity index (χ0v) is 13.5. The number of hydrogen-bond acceptors (Lipinski definition) is 1. The Morgan fingerprint density at radius 3 is 2.00 bits per heavy atom. The zero-order valence-electron chi connectivity index (χ0n) is 13.5. The average Bonchev–Trinajstić information content (AvgIpc) is 3.27. The summed E-state index contributed by atoms with van der Waals surface area (Å²) in [6.07, 6.45) is 1.04. The predicted molar refractivity (Wildman–Crippen MR) is 97.7 cm³/mol. The van der Waals surface area contributed by atoms with E-state index in [4.69, 9.17) is 0 Å². The van der Waals surface area contributed by atoms with Gasteiger partial charge in [-0.05, 0) is 48.4 Å². The minimum Gasteiger partial charge on any atom is -0.353 e. The number of Topliss-reactive ketones (excluding diaryl/α,β-unsaturated/α-hetero) is 1. The summed E-state index contributed by atoms with van der Waals surface area (Å²) in [6.45, 7) is 0. The van der Waals surface area contributed by atoms with Crippen LogP contribution < -0.4 is 0 Å². The van der Waals surface area contributed by atoms with E-state index in [0.717, 1.165) is 43.8 Å². The van der Waals surface area contributed by atoms with Crippen LogP contribution in [0.2, 0.25) is 0 Å². The van der Waals surface area contributed by atoms with Crippen molar-refractivity contribution in [1.82, 2.24) is 9.97 Å². The Labute approximate surface area is 145 Å². The summed E-state index contributed by atoms with van der Waals surface area (Å²) in [5.74, 6) is -0.588. The molecule has 0 amide bonds. The molecule has 0 saturated heterocycles. The van der Waals surface area contributed by atoms with E-state index in [2.05, 4.69) is 9.97 Å². The Morgan fingerprint density at radius 2 is 1.35 bits per heavy atom. The number of rotatable bonds is 0. The van der Waals surface area contributed by atoms with Crippen molar-refractivity contribution in [3.63, 3.8) is 0 Å². The van der Waals surface area contributed by atoms with Crippen molar-refractivity contribution >= 4 is 49.4 Å². The molecule has 2 N–H and O–H groups in total. The van der Waals surface area contributed by atoms with Crippen molar-refractivity contribution in [2.75, 3.05) is 0 Å². The summed E-state index contributed by atoms with van der Waals surface area (Å²) in [5.41, 5.74) is 4.78. The highest BCUT2D eigenvalue weighted by Gasteiger charge is 2.29. The highest BCUT2D eigenvalue weighted by Crippen LogP contribution is 2.43. The Balaban J connectivity index is 1.97. The molecule has 1 aliphatic carbocycles. The molecule has 1 aliphatic rings. The van der Waals surface area contributed by atoms with Crippen LogP contribution in [0.5, 0.6) is 0 Å². The van der Waals surface area contributed by atoms with Gasteiger partial charge in [0.05, 0.1) is 11.0 Å². The van der Waals surface area contributed by atoms with Crippen molar-refractivity contribution in [3.8, 4) is 0 Å². The van der Waals surface area contributed by atoms with Gasteiger partial charge >= 0.3 is 0 Å². The minimum atomic E-state index is -0.337. The van der Waals surface area contributed by atoms with Crippen molar-refractivity contribution in [2.45, 2.75) is 12.8 Å². The lowest BCUT2D eigenvalue weighted by molar-refractivity contribution is 0.0996. The smallest absolute Gasteiger partial charge is 0.164 e. The van der Waals surface area contributed by atoms with Crippen LogP contribution in [-0.2, 0) is 6.42 Å². The van der Waals surface area contributed by atoms with Crippen molar-refractivity contribution < 1.29 is 13.6 Å². The van der Waals surface area contributed by atoms with Gasteiger partial charge in [0.15, 0.2) is 5.78 Å². The van der Waals surface area contributed by atoms with Gasteiger partial charge < -0.3 is 9.97 Å². The molecule has 0 bridgehead atoms. The van der Waals surface area contributed by atoms with E-state index in [9.17, 15) is 13.6 Å². The van der Waals surface area contributed by atoms with Crippen LogP contribution in [0.4, 0.5) is 8.78 Å². The molecule has 3 aromatic carbocycles. The number of benzene rings is 3. The summed E-state index contributed by atoms with van der Waals surface area (Å²) in [4.78, 5) is 19.4. The molecule has 0 radical (unpaired) electrons. The second-order valence-electron chi connectivity index (χ2n) is 6.91. The van der Waals surface area contributed by atoms with Crippen LogP contribution in [0.1, 0.15) is 22.3 Å². The van der Waals surface area contributed by atoms with E-state index in [-0.39, 0.29) is 17.4 Å². The Bertz CT molecular complexity index is 1420. The van der Waals surface area contributed by atoms with Crippen LogP contribution >= 0.6 is 0 Å². The molecule has 126 valence electrons. The highest BCUT2D eigenvalue weighted by atomic mass is 19.1. The fourth-order valence-corrected chi connectivity index (χ4v) is 4.47. The standard InChI is InChI=1S/C21H12F2N2O/c22-9-1-4-14-12(7-9)17-11-3-6-16(26)18(11)19-13-8-10(23)2-5-15(13)25-21(19)20(17)24-14/h1-2,4-5,7-8,24-25H,3,6H2. The number of nitrogens with one attached hydrogen (secondary N) is 2. The number of aryl methyl sites for hydroxylation is 1. The number of halogens is 2. The average molecular weight is 346 g/mol. The number of H-pyrrole nitrogens is 2. The van der Waals surface area contributed by atoms with Crippen LogP contribution in [-0.4, -0.2) is 15.8 Å². The van der Waals surface area contributed by atoms with Gasteiger partial charge in [0.1, 0.15) is 11.6 Å². The van der Waals surface area contributed by atoms with Gasteiger partial charge in [-0.25, -0.2) is 8.78 Å². The van der Waals surface area contributed by atoms with Crippen LogP contribution in [0, 0.1) is 11.6 Å². The molecule has 0 aliphatic heterocycles. The molecule has 3 nitrogen and oxygen atoms in total. The normalized spacial score (nSPS) is 14.3. The molecule has 6 rings (SSSR count). The van der Waals surface area contributed by atoms with E-state index in [0.29, 0.717) is 23.8 Å². The summed E-state index contributed by atoms with van der Waals surface area (Å²) in [6, 6.07) is 9.19. The predicted octanol–water partition coefficient (Wildman–Crippen LogP) is 5.36. The molecule has 26 heavy (non-hydrogen) atoms. The quantitative estimate of drug-likeness (QED) is 0.389. The summed E-state index contributed by atoms with van der Waals surface area (Å²) in [5, 5.41) is 3.13. The van der Waals surface area contributed by atoms with E-state index < -0.39 is 0 Å². The van der Waals surface area contributed by atoms with Crippen LogP contribution in [0.25, 0.3) is 43.6 Å². The van der Waals surface area contributed by atoms with E-state index in [1.165, 1.54) is 24.3 Å². The van der Waals surface area contributed by atoms with Gasteiger partial charge in [-0.2, -0.15) is 0 Å². The minimum absolute atomic E-state index is 0.0582. The second kappa shape index (κ2) is 4.49. The molecular formula is C21H12F2N2O. The summed E-state index contributed by atoms with van der Waals surface area (Å²) in [7, 11) is 0. The topological polar surface area (TPSA) is 48.6 Å². The number of carbonyl (C=O) groups excluding carboxylic acids is 1. The zero-order chi connectivity index (χ0) is 17.6. The van der Waals surface area contributed by atoms with Gasteiger partial charge in [-0.1, -0.05) is 0 Å². The molecule has 2 heterocycles. The third-order valence-electron chi connectivity index (χ3n) is 5.51. The lowest BCUT2D eigenvalue weighted by Crippen LogP contribution is -1.93. The molecular weight excluding hydrogens is 334 g/mol. The van der Waals surface area contributed by atoms with Gasteiger partial charge in [0.25, 0.3) is 0 Å².